The normalized spacial score (nSPS) is 19.4. The van der Waals surface area contributed by atoms with Crippen LogP contribution in [0.5, 0.6) is 0 Å². The third kappa shape index (κ3) is 6.41. The van der Waals surface area contributed by atoms with E-state index >= 15 is 0 Å². The molecule has 29 heavy (non-hydrogen) atoms. The lowest BCUT2D eigenvalue weighted by Crippen LogP contribution is -2.27. The van der Waals surface area contributed by atoms with Crippen molar-refractivity contribution in [3.8, 4) is 0 Å². The molecule has 0 radical (unpaired) electrons. The zero-order chi connectivity index (χ0) is 20.5. The first-order valence-electron chi connectivity index (χ1n) is 11.5. The number of unbranched alkanes of at least 4 members (excludes halogenated alkanes) is 9. The zero-order valence-electron chi connectivity index (χ0n) is 17.8. The van der Waals surface area contributed by atoms with Gasteiger partial charge < -0.3 is 14.3 Å². The molecule has 0 bridgehead atoms. The molecule has 6 nitrogen and oxygen atoms in total. The fraction of sp³-hybridized carbons (Fsp3) is 0.739. The van der Waals surface area contributed by atoms with E-state index < -0.39 is 0 Å². The van der Waals surface area contributed by atoms with Gasteiger partial charge in [0.25, 0.3) is 0 Å². The van der Waals surface area contributed by atoms with E-state index in [1.54, 1.807) is 6.20 Å². The lowest BCUT2D eigenvalue weighted by Gasteiger charge is -2.14. The quantitative estimate of drug-likeness (QED) is 0.469. The smallest absolute Gasteiger partial charge is 0.353 e. The molecule has 2 atom stereocenters. The van der Waals surface area contributed by atoms with Gasteiger partial charge in [-0.05, 0) is 25.3 Å². The van der Waals surface area contributed by atoms with Crippen LogP contribution in [0.15, 0.2) is 21.5 Å². The van der Waals surface area contributed by atoms with Crippen LogP contribution in [0.25, 0.3) is 11.1 Å². The van der Waals surface area contributed by atoms with Gasteiger partial charge in [-0.3, -0.25) is 4.57 Å². The second kappa shape index (κ2) is 11.5. The van der Waals surface area contributed by atoms with E-state index in [1.165, 1.54) is 62.4 Å². The third-order valence-corrected chi connectivity index (χ3v) is 5.86. The van der Waals surface area contributed by atoms with E-state index in [-0.39, 0.29) is 24.6 Å². The highest BCUT2D eigenvalue weighted by Crippen LogP contribution is 2.28. The van der Waals surface area contributed by atoms with Gasteiger partial charge in [-0.2, -0.15) is 4.98 Å². The Morgan fingerprint density at radius 3 is 2.41 bits per heavy atom. The van der Waals surface area contributed by atoms with Crippen LogP contribution in [0.4, 0.5) is 0 Å². The number of aryl methyl sites for hydroxylation is 1. The van der Waals surface area contributed by atoms with Crippen molar-refractivity contribution in [3.63, 3.8) is 0 Å². The summed E-state index contributed by atoms with van der Waals surface area (Å²) in [6, 6.07) is 1.99. The van der Waals surface area contributed by atoms with Crippen molar-refractivity contribution in [1.29, 1.82) is 0 Å². The molecular formula is C23H36N2O4. The van der Waals surface area contributed by atoms with Crippen molar-refractivity contribution in [1.82, 2.24) is 9.55 Å². The van der Waals surface area contributed by atoms with Gasteiger partial charge in [-0.25, -0.2) is 4.79 Å². The van der Waals surface area contributed by atoms with Crippen molar-refractivity contribution >= 4 is 11.1 Å². The van der Waals surface area contributed by atoms with Crippen LogP contribution in [0.2, 0.25) is 0 Å². The Labute approximate surface area is 173 Å². The second-order valence-corrected chi connectivity index (χ2v) is 8.31. The molecule has 0 spiro atoms. The minimum Gasteiger partial charge on any atom is -0.443 e. The number of aliphatic hydroxyl groups excluding tert-OH is 1. The first-order chi connectivity index (χ1) is 14.2. The van der Waals surface area contributed by atoms with Crippen LogP contribution in [-0.4, -0.2) is 27.4 Å². The van der Waals surface area contributed by atoms with Crippen LogP contribution in [-0.2, 0) is 11.2 Å². The average molecular weight is 405 g/mol. The van der Waals surface area contributed by atoms with Gasteiger partial charge in [0.05, 0.1) is 18.1 Å². The number of furan rings is 1. The highest BCUT2D eigenvalue weighted by atomic mass is 16.5. The number of hydrogen-bond donors (Lipinski definition) is 1. The van der Waals surface area contributed by atoms with Crippen molar-refractivity contribution in [3.05, 3.63) is 28.5 Å². The fourth-order valence-electron chi connectivity index (χ4n) is 4.12. The molecule has 0 amide bonds. The lowest BCUT2D eigenvalue weighted by atomic mass is 10.1. The molecule has 1 fully saturated rings. The van der Waals surface area contributed by atoms with Gasteiger partial charge >= 0.3 is 5.69 Å². The number of aromatic nitrogens is 2. The topological polar surface area (TPSA) is 77.5 Å². The summed E-state index contributed by atoms with van der Waals surface area (Å²) in [5, 5.41) is 10.1. The zero-order valence-corrected chi connectivity index (χ0v) is 17.8. The van der Waals surface area contributed by atoms with E-state index in [4.69, 9.17) is 9.15 Å². The molecule has 162 valence electrons. The Kier molecular flexibility index (Phi) is 8.74. The van der Waals surface area contributed by atoms with E-state index in [0.717, 1.165) is 30.4 Å². The number of rotatable bonds is 13. The van der Waals surface area contributed by atoms with E-state index in [2.05, 4.69) is 11.9 Å². The molecular weight excluding hydrogens is 368 g/mol. The van der Waals surface area contributed by atoms with Gasteiger partial charge in [0.1, 0.15) is 12.0 Å². The predicted octanol–water partition coefficient (Wildman–Crippen LogP) is 5.12. The van der Waals surface area contributed by atoms with Crippen molar-refractivity contribution < 1.29 is 14.3 Å². The Morgan fingerprint density at radius 2 is 1.76 bits per heavy atom. The largest absolute Gasteiger partial charge is 0.443 e. The molecule has 1 aliphatic heterocycles. The van der Waals surface area contributed by atoms with Gasteiger partial charge in [0.15, 0.2) is 0 Å². The van der Waals surface area contributed by atoms with Crippen molar-refractivity contribution in [2.45, 2.75) is 103 Å². The number of aliphatic hydroxyl groups is 1. The Hall–Kier alpha value is -1.66. The molecule has 6 heteroatoms. The molecule has 1 aliphatic rings. The second-order valence-electron chi connectivity index (χ2n) is 8.31. The number of hydrogen-bond acceptors (Lipinski definition) is 5. The maximum atomic E-state index is 12.3. The highest BCUT2D eigenvalue weighted by Gasteiger charge is 2.27. The molecule has 1 saturated heterocycles. The lowest BCUT2D eigenvalue weighted by molar-refractivity contribution is -0.0243. The molecule has 0 unspecified atom stereocenters. The molecule has 3 rings (SSSR count). The SMILES string of the molecule is CCCCCCCCCCCCc1cc2cn([C@@H]3CC[C@H](CO)O3)c(=O)nc2o1. The van der Waals surface area contributed by atoms with Gasteiger partial charge in [0.2, 0.25) is 5.71 Å². The summed E-state index contributed by atoms with van der Waals surface area (Å²) in [5.74, 6) is 0.893. The van der Waals surface area contributed by atoms with Crippen LogP contribution < -0.4 is 5.69 Å². The van der Waals surface area contributed by atoms with Crippen molar-refractivity contribution in [2.75, 3.05) is 6.61 Å². The standard InChI is InChI=1S/C23H36N2O4/c1-2-3-4-5-6-7-8-9-10-11-12-19-15-18-16-25(23(27)24-22(18)29-19)21-14-13-20(17-26)28-21/h15-16,20-21,26H,2-14,17H2,1H3/t20-,21+/m1/s1. The van der Waals surface area contributed by atoms with E-state index in [0.29, 0.717) is 12.1 Å². The molecule has 0 saturated carbocycles. The summed E-state index contributed by atoms with van der Waals surface area (Å²) in [6.07, 6.45) is 16.7. The van der Waals surface area contributed by atoms with Gasteiger partial charge in [-0.1, -0.05) is 64.7 Å². The minimum atomic E-state index is -0.360. The monoisotopic (exact) mass is 404 g/mol. The Balaban J connectivity index is 1.42. The summed E-state index contributed by atoms with van der Waals surface area (Å²) < 4.78 is 13.0. The average Bonchev–Trinajstić information content (AvgIpc) is 3.35. The summed E-state index contributed by atoms with van der Waals surface area (Å²) >= 11 is 0. The maximum Gasteiger partial charge on any atom is 0.353 e. The van der Waals surface area contributed by atoms with E-state index in [9.17, 15) is 9.90 Å². The molecule has 0 aliphatic carbocycles. The van der Waals surface area contributed by atoms with Gasteiger partial charge in [0, 0.05) is 12.6 Å². The van der Waals surface area contributed by atoms with Crippen LogP contribution in [0.1, 0.15) is 96.0 Å². The molecule has 2 aromatic heterocycles. The predicted molar refractivity (Wildman–Crippen MR) is 114 cm³/mol. The van der Waals surface area contributed by atoms with Crippen LogP contribution in [0.3, 0.4) is 0 Å². The summed E-state index contributed by atoms with van der Waals surface area (Å²) in [6.45, 7) is 2.24. The van der Waals surface area contributed by atoms with Crippen LogP contribution in [0, 0.1) is 0 Å². The van der Waals surface area contributed by atoms with E-state index in [1.807, 2.05) is 6.07 Å². The highest BCUT2D eigenvalue weighted by molar-refractivity contribution is 5.72. The minimum absolute atomic E-state index is 0.0182. The third-order valence-electron chi connectivity index (χ3n) is 5.86. The summed E-state index contributed by atoms with van der Waals surface area (Å²) in [5.41, 5.74) is 0.0472. The number of ether oxygens (including phenoxy) is 1. The first kappa shape index (κ1) is 22.0. The Bertz CT molecular complexity index is 798. The molecule has 1 N–H and O–H groups in total. The molecule has 0 aromatic carbocycles. The fourth-order valence-corrected chi connectivity index (χ4v) is 4.12. The summed E-state index contributed by atoms with van der Waals surface area (Å²) in [7, 11) is 0. The van der Waals surface area contributed by atoms with Crippen molar-refractivity contribution in [2.24, 2.45) is 0 Å². The number of nitrogens with zero attached hydrogens (tertiary/aromatic N) is 2. The summed E-state index contributed by atoms with van der Waals surface area (Å²) in [4.78, 5) is 16.4. The Morgan fingerprint density at radius 1 is 1.07 bits per heavy atom. The first-order valence-corrected chi connectivity index (χ1v) is 11.5. The van der Waals surface area contributed by atoms with Crippen LogP contribution >= 0.6 is 0 Å². The van der Waals surface area contributed by atoms with Gasteiger partial charge in [-0.15, -0.1) is 0 Å². The molecule has 3 heterocycles. The number of fused-ring (bicyclic) bond motifs is 1. The molecule has 2 aromatic rings. The maximum absolute atomic E-state index is 12.3.